The zero-order valence-electron chi connectivity index (χ0n) is 9.51. The fraction of sp³-hybridized carbons (Fsp3) is 0.182. The number of aromatic nitrogens is 1. The first kappa shape index (κ1) is 11.1. The second-order valence-electron chi connectivity index (χ2n) is 3.79. The lowest BCUT2D eigenvalue weighted by Gasteiger charge is -1.96. The van der Waals surface area contributed by atoms with Crippen LogP contribution in [0.4, 0.5) is 10.5 Å². The number of nitrogens with two attached hydrogens (primary N) is 1. The van der Waals surface area contributed by atoms with Crippen LogP contribution in [0.25, 0.3) is 10.9 Å². The second kappa shape index (κ2) is 3.89. The minimum atomic E-state index is -0.894. The standard InChI is InChI=1S/C11H12N4O2/c1-6-3-4-8-7(5-6)9(10(16)15(8)2)13-14-11(12)17/h3-5,16H,1-2H3,(H2,12,17). The molecule has 0 saturated carbocycles. The van der Waals surface area contributed by atoms with Crippen LogP contribution in [0.5, 0.6) is 5.88 Å². The summed E-state index contributed by atoms with van der Waals surface area (Å²) in [6, 6.07) is 4.77. The molecule has 6 nitrogen and oxygen atoms in total. The summed E-state index contributed by atoms with van der Waals surface area (Å²) in [4.78, 5) is 10.6. The number of nitrogens with zero attached hydrogens (tertiary/aromatic N) is 3. The molecule has 0 saturated heterocycles. The van der Waals surface area contributed by atoms with Gasteiger partial charge in [-0.3, -0.25) is 0 Å². The molecular weight excluding hydrogens is 220 g/mol. The Hall–Kier alpha value is -2.37. The van der Waals surface area contributed by atoms with Crippen molar-refractivity contribution in [2.45, 2.75) is 6.92 Å². The number of hydrogen-bond acceptors (Lipinski definition) is 3. The first-order valence-corrected chi connectivity index (χ1v) is 5.00. The molecule has 0 bridgehead atoms. The normalized spacial score (nSPS) is 11.4. The molecule has 0 unspecified atom stereocenters. The van der Waals surface area contributed by atoms with Crippen LogP contribution in [0.15, 0.2) is 28.4 Å². The van der Waals surface area contributed by atoms with Crippen LogP contribution in [0, 0.1) is 6.92 Å². The van der Waals surface area contributed by atoms with Crippen LogP contribution < -0.4 is 5.73 Å². The van der Waals surface area contributed by atoms with Gasteiger partial charge in [-0.25, -0.2) is 4.79 Å². The molecule has 0 spiro atoms. The quantitative estimate of drug-likeness (QED) is 0.738. The minimum absolute atomic E-state index is 0.0457. The summed E-state index contributed by atoms with van der Waals surface area (Å²) in [5.41, 5.74) is 6.98. The third kappa shape index (κ3) is 1.84. The third-order valence-corrected chi connectivity index (χ3v) is 2.55. The smallest absolute Gasteiger partial charge is 0.356 e. The maximum Gasteiger partial charge on any atom is 0.356 e. The lowest BCUT2D eigenvalue weighted by molar-refractivity contribution is 0.255. The van der Waals surface area contributed by atoms with Gasteiger partial charge in [0.05, 0.1) is 5.52 Å². The van der Waals surface area contributed by atoms with E-state index in [1.54, 1.807) is 11.6 Å². The third-order valence-electron chi connectivity index (χ3n) is 2.55. The highest BCUT2D eigenvalue weighted by Crippen LogP contribution is 2.38. The van der Waals surface area contributed by atoms with Gasteiger partial charge in [0.25, 0.3) is 0 Å². The van der Waals surface area contributed by atoms with Crippen molar-refractivity contribution >= 4 is 22.6 Å². The number of primary amides is 1. The zero-order valence-corrected chi connectivity index (χ0v) is 9.51. The van der Waals surface area contributed by atoms with Crippen LogP contribution >= 0.6 is 0 Å². The predicted octanol–water partition coefficient (Wildman–Crippen LogP) is 2.35. The molecule has 0 aliphatic carbocycles. The van der Waals surface area contributed by atoms with E-state index in [2.05, 4.69) is 10.2 Å². The fourth-order valence-corrected chi connectivity index (χ4v) is 1.72. The van der Waals surface area contributed by atoms with Gasteiger partial charge in [0, 0.05) is 12.4 Å². The van der Waals surface area contributed by atoms with Crippen molar-refractivity contribution in [3.8, 4) is 5.88 Å². The summed E-state index contributed by atoms with van der Waals surface area (Å²) in [5, 5.41) is 17.5. The van der Waals surface area contributed by atoms with Crippen molar-refractivity contribution in [3.63, 3.8) is 0 Å². The molecule has 0 atom stereocenters. The average Bonchev–Trinajstić information content (AvgIpc) is 2.49. The number of aryl methyl sites for hydroxylation is 2. The Kier molecular flexibility index (Phi) is 2.55. The largest absolute Gasteiger partial charge is 0.493 e. The van der Waals surface area contributed by atoms with Crippen LogP contribution in [-0.4, -0.2) is 15.7 Å². The Labute approximate surface area is 97.4 Å². The first-order chi connectivity index (χ1) is 8.00. The van der Waals surface area contributed by atoms with Crippen molar-refractivity contribution in [1.82, 2.24) is 4.57 Å². The summed E-state index contributed by atoms with van der Waals surface area (Å²) in [5.74, 6) is -0.0457. The van der Waals surface area contributed by atoms with Crippen molar-refractivity contribution in [2.75, 3.05) is 0 Å². The number of carbonyl (C=O) groups is 1. The molecule has 0 aliphatic heterocycles. The summed E-state index contributed by atoms with van der Waals surface area (Å²) in [6.45, 7) is 1.93. The number of rotatable bonds is 1. The summed E-state index contributed by atoms with van der Waals surface area (Å²) in [7, 11) is 1.70. The van der Waals surface area contributed by atoms with Gasteiger partial charge in [0.15, 0.2) is 5.69 Å². The van der Waals surface area contributed by atoms with Crippen LogP contribution in [0.2, 0.25) is 0 Å². The molecule has 0 radical (unpaired) electrons. The number of carbonyl (C=O) groups excluding carboxylic acids is 1. The van der Waals surface area contributed by atoms with Gasteiger partial charge in [-0.05, 0) is 19.1 Å². The molecule has 0 aliphatic rings. The molecule has 1 aromatic heterocycles. The molecule has 0 fully saturated rings. The molecule has 2 amide bonds. The topological polar surface area (TPSA) is 93.0 Å². The Morgan fingerprint density at radius 3 is 2.82 bits per heavy atom. The van der Waals surface area contributed by atoms with Gasteiger partial charge in [-0.1, -0.05) is 16.7 Å². The average molecular weight is 232 g/mol. The molecule has 88 valence electrons. The predicted molar refractivity (Wildman–Crippen MR) is 63.4 cm³/mol. The Bertz CT molecular complexity index is 628. The summed E-state index contributed by atoms with van der Waals surface area (Å²) >= 11 is 0. The highest BCUT2D eigenvalue weighted by Gasteiger charge is 2.14. The lowest BCUT2D eigenvalue weighted by atomic mass is 10.1. The molecule has 2 aromatic rings. The lowest BCUT2D eigenvalue weighted by Crippen LogP contribution is -2.01. The number of benzene rings is 1. The summed E-state index contributed by atoms with van der Waals surface area (Å²) < 4.78 is 1.57. The number of amides is 2. The highest BCUT2D eigenvalue weighted by molar-refractivity contribution is 5.95. The van der Waals surface area contributed by atoms with Gasteiger partial charge >= 0.3 is 6.03 Å². The fourth-order valence-electron chi connectivity index (χ4n) is 1.72. The molecule has 17 heavy (non-hydrogen) atoms. The second-order valence-corrected chi connectivity index (χ2v) is 3.79. The van der Waals surface area contributed by atoms with Gasteiger partial charge in [-0.2, -0.15) is 0 Å². The summed E-state index contributed by atoms with van der Waals surface area (Å²) in [6.07, 6.45) is 0. The number of fused-ring (bicyclic) bond motifs is 1. The highest BCUT2D eigenvalue weighted by atomic mass is 16.3. The van der Waals surface area contributed by atoms with Gasteiger partial charge in [0.1, 0.15) is 0 Å². The number of hydrogen-bond donors (Lipinski definition) is 2. The number of aromatic hydroxyl groups is 1. The van der Waals surface area contributed by atoms with Crippen LogP contribution in [0.1, 0.15) is 5.56 Å². The van der Waals surface area contributed by atoms with Gasteiger partial charge < -0.3 is 15.4 Å². The van der Waals surface area contributed by atoms with Crippen LogP contribution in [-0.2, 0) is 7.05 Å². The maximum absolute atomic E-state index is 10.6. The van der Waals surface area contributed by atoms with E-state index in [1.165, 1.54) is 0 Å². The van der Waals surface area contributed by atoms with Crippen molar-refractivity contribution in [2.24, 2.45) is 23.0 Å². The minimum Gasteiger partial charge on any atom is -0.493 e. The zero-order chi connectivity index (χ0) is 12.6. The number of azo groups is 1. The Morgan fingerprint density at radius 1 is 1.47 bits per heavy atom. The number of urea groups is 1. The van der Waals surface area contributed by atoms with Crippen LogP contribution in [0.3, 0.4) is 0 Å². The SMILES string of the molecule is Cc1ccc2c(c1)c(N=NC(N)=O)c(O)n2C. The van der Waals surface area contributed by atoms with E-state index in [9.17, 15) is 9.90 Å². The van der Waals surface area contributed by atoms with E-state index in [0.29, 0.717) is 0 Å². The van der Waals surface area contributed by atoms with E-state index < -0.39 is 6.03 Å². The maximum atomic E-state index is 10.6. The van der Waals surface area contributed by atoms with E-state index in [-0.39, 0.29) is 11.6 Å². The molecule has 1 aromatic carbocycles. The van der Waals surface area contributed by atoms with Crippen molar-refractivity contribution < 1.29 is 9.90 Å². The van der Waals surface area contributed by atoms with E-state index in [1.807, 2.05) is 25.1 Å². The monoisotopic (exact) mass is 232 g/mol. The van der Waals surface area contributed by atoms with Gasteiger partial charge in [-0.15, -0.1) is 5.11 Å². The molecule has 1 heterocycles. The van der Waals surface area contributed by atoms with Crippen molar-refractivity contribution in [3.05, 3.63) is 23.8 Å². The molecule has 3 N–H and O–H groups in total. The molecule has 6 heteroatoms. The van der Waals surface area contributed by atoms with Gasteiger partial charge in [0.2, 0.25) is 5.88 Å². The molecular formula is C11H12N4O2. The van der Waals surface area contributed by atoms with Crippen molar-refractivity contribution in [1.29, 1.82) is 0 Å². The van der Waals surface area contributed by atoms with E-state index in [0.717, 1.165) is 16.5 Å². The Morgan fingerprint density at radius 2 is 2.18 bits per heavy atom. The first-order valence-electron chi connectivity index (χ1n) is 5.00. The molecule has 2 rings (SSSR count). The van der Waals surface area contributed by atoms with E-state index in [4.69, 9.17) is 5.73 Å². The Balaban J connectivity index is 2.72. The van der Waals surface area contributed by atoms with E-state index >= 15 is 0 Å².